The molecule has 3 rings (SSSR count). The SMILES string of the molecule is COc1ccc(CN(C(=O)COc2ccc(C)cc2)C(C)C2CC2)cc1. The van der Waals surface area contributed by atoms with E-state index in [1.54, 1.807) is 7.11 Å². The number of benzene rings is 2. The van der Waals surface area contributed by atoms with E-state index in [2.05, 4.69) is 6.92 Å². The zero-order valence-electron chi connectivity index (χ0n) is 15.8. The van der Waals surface area contributed by atoms with Gasteiger partial charge in [0, 0.05) is 12.6 Å². The molecule has 138 valence electrons. The second kappa shape index (κ2) is 8.26. The molecule has 0 N–H and O–H groups in total. The summed E-state index contributed by atoms with van der Waals surface area (Å²) in [5.41, 5.74) is 2.27. The minimum absolute atomic E-state index is 0.0285. The predicted octanol–water partition coefficient (Wildman–Crippen LogP) is 4.21. The largest absolute Gasteiger partial charge is 0.497 e. The highest BCUT2D eigenvalue weighted by Gasteiger charge is 2.34. The normalized spacial score (nSPS) is 14.6. The maximum atomic E-state index is 12.9. The monoisotopic (exact) mass is 353 g/mol. The van der Waals surface area contributed by atoms with Gasteiger partial charge in [0.05, 0.1) is 7.11 Å². The number of hydrogen-bond acceptors (Lipinski definition) is 3. The fourth-order valence-corrected chi connectivity index (χ4v) is 3.08. The zero-order valence-corrected chi connectivity index (χ0v) is 15.8. The summed E-state index contributed by atoms with van der Waals surface area (Å²) < 4.78 is 10.9. The first-order valence-electron chi connectivity index (χ1n) is 9.18. The smallest absolute Gasteiger partial charge is 0.261 e. The van der Waals surface area contributed by atoms with Gasteiger partial charge >= 0.3 is 0 Å². The second-order valence-corrected chi connectivity index (χ2v) is 7.05. The number of carbonyl (C=O) groups is 1. The lowest BCUT2D eigenvalue weighted by Gasteiger charge is -2.29. The molecule has 1 saturated carbocycles. The van der Waals surface area contributed by atoms with Crippen molar-refractivity contribution >= 4 is 5.91 Å². The summed E-state index contributed by atoms with van der Waals surface area (Å²) in [5, 5.41) is 0. The van der Waals surface area contributed by atoms with Crippen molar-refractivity contribution in [2.45, 2.75) is 39.3 Å². The van der Waals surface area contributed by atoms with Crippen molar-refractivity contribution in [2.75, 3.05) is 13.7 Å². The summed E-state index contributed by atoms with van der Waals surface area (Å²) in [6, 6.07) is 15.9. The number of carbonyl (C=O) groups excluding carboxylic acids is 1. The molecule has 0 bridgehead atoms. The molecule has 1 atom stereocenters. The maximum absolute atomic E-state index is 12.9. The topological polar surface area (TPSA) is 38.8 Å². The van der Waals surface area contributed by atoms with E-state index < -0.39 is 0 Å². The summed E-state index contributed by atoms with van der Waals surface area (Å²) in [4.78, 5) is 14.8. The van der Waals surface area contributed by atoms with Gasteiger partial charge in [0.15, 0.2) is 6.61 Å². The van der Waals surface area contributed by atoms with E-state index in [1.807, 2.05) is 60.4 Å². The van der Waals surface area contributed by atoms with Crippen molar-refractivity contribution in [2.24, 2.45) is 5.92 Å². The Labute approximate surface area is 155 Å². The molecule has 0 saturated heterocycles. The number of amides is 1. The third-order valence-corrected chi connectivity index (χ3v) is 5.01. The standard InChI is InChI=1S/C22H27NO3/c1-16-4-10-21(11-5-16)26-15-22(24)23(17(2)19-8-9-19)14-18-6-12-20(25-3)13-7-18/h4-7,10-13,17,19H,8-9,14-15H2,1-3H3. The summed E-state index contributed by atoms with van der Waals surface area (Å²) >= 11 is 0. The summed E-state index contributed by atoms with van der Waals surface area (Å²) in [5.74, 6) is 2.19. The van der Waals surface area contributed by atoms with Crippen LogP contribution in [0.1, 0.15) is 30.9 Å². The predicted molar refractivity (Wildman–Crippen MR) is 102 cm³/mol. The van der Waals surface area contributed by atoms with Gasteiger partial charge in [-0.05, 0) is 62.4 Å². The quantitative estimate of drug-likeness (QED) is 0.713. The Bertz CT molecular complexity index is 720. The summed E-state index contributed by atoms with van der Waals surface area (Å²) in [7, 11) is 1.66. The third-order valence-electron chi connectivity index (χ3n) is 5.01. The van der Waals surface area contributed by atoms with Crippen LogP contribution in [0.4, 0.5) is 0 Å². The van der Waals surface area contributed by atoms with Gasteiger partial charge in [0.25, 0.3) is 5.91 Å². The van der Waals surface area contributed by atoms with E-state index >= 15 is 0 Å². The van der Waals surface area contributed by atoms with Gasteiger partial charge in [0.1, 0.15) is 11.5 Å². The maximum Gasteiger partial charge on any atom is 0.261 e. The number of aryl methyl sites for hydroxylation is 1. The molecule has 0 radical (unpaired) electrons. The van der Waals surface area contributed by atoms with E-state index in [-0.39, 0.29) is 18.6 Å². The first kappa shape index (κ1) is 18.3. The Kier molecular flexibility index (Phi) is 5.82. The van der Waals surface area contributed by atoms with Crippen LogP contribution >= 0.6 is 0 Å². The van der Waals surface area contributed by atoms with E-state index in [0.29, 0.717) is 12.5 Å². The highest BCUT2D eigenvalue weighted by molar-refractivity contribution is 5.78. The lowest BCUT2D eigenvalue weighted by molar-refractivity contribution is -0.136. The van der Waals surface area contributed by atoms with Gasteiger partial charge in [0.2, 0.25) is 0 Å². The molecule has 1 aliphatic rings. The molecule has 0 heterocycles. The molecule has 2 aromatic carbocycles. The van der Waals surface area contributed by atoms with E-state index in [0.717, 1.165) is 17.1 Å². The van der Waals surface area contributed by atoms with E-state index in [4.69, 9.17) is 9.47 Å². The Hall–Kier alpha value is -2.49. The van der Waals surface area contributed by atoms with Crippen LogP contribution in [-0.2, 0) is 11.3 Å². The lowest BCUT2D eigenvalue weighted by atomic mass is 10.1. The van der Waals surface area contributed by atoms with Crippen molar-refractivity contribution in [3.05, 3.63) is 59.7 Å². The van der Waals surface area contributed by atoms with Crippen LogP contribution in [0.5, 0.6) is 11.5 Å². The highest BCUT2D eigenvalue weighted by Crippen LogP contribution is 2.35. The minimum Gasteiger partial charge on any atom is -0.497 e. The molecule has 1 amide bonds. The zero-order chi connectivity index (χ0) is 18.5. The Morgan fingerprint density at radius 1 is 1.08 bits per heavy atom. The van der Waals surface area contributed by atoms with Crippen LogP contribution in [0, 0.1) is 12.8 Å². The van der Waals surface area contributed by atoms with Crippen LogP contribution in [0.15, 0.2) is 48.5 Å². The fraction of sp³-hybridized carbons (Fsp3) is 0.409. The van der Waals surface area contributed by atoms with Crippen LogP contribution in [0.3, 0.4) is 0 Å². The highest BCUT2D eigenvalue weighted by atomic mass is 16.5. The summed E-state index contributed by atoms with van der Waals surface area (Å²) in [6.07, 6.45) is 2.40. The molecule has 0 aliphatic heterocycles. The van der Waals surface area contributed by atoms with Gasteiger partial charge in [-0.3, -0.25) is 4.79 Å². The van der Waals surface area contributed by atoms with Gasteiger partial charge in [-0.2, -0.15) is 0 Å². The van der Waals surface area contributed by atoms with Crippen LogP contribution in [0.2, 0.25) is 0 Å². The summed E-state index contributed by atoms with van der Waals surface area (Å²) in [6.45, 7) is 4.84. The van der Waals surface area contributed by atoms with Crippen molar-refractivity contribution in [3.63, 3.8) is 0 Å². The number of nitrogens with zero attached hydrogens (tertiary/aromatic N) is 1. The molecule has 26 heavy (non-hydrogen) atoms. The van der Waals surface area contributed by atoms with Gasteiger partial charge < -0.3 is 14.4 Å². The average molecular weight is 353 g/mol. The van der Waals surface area contributed by atoms with Crippen LogP contribution in [-0.4, -0.2) is 30.6 Å². The first-order valence-corrected chi connectivity index (χ1v) is 9.18. The molecular formula is C22H27NO3. The van der Waals surface area contributed by atoms with E-state index in [9.17, 15) is 4.79 Å². The molecule has 0 spiro atoms. The number of hydrogen-bond donors (Lipinski definition) is 0. The molecule has 0 aromatic heterocycles. The molecule has 2 aromatic rings. The Morgan fingerprint density at radius 2 is 1.69 bits per heavy atom. The van der Waals surface area contributed by atoms with Crippen molar-refractivity contribution in [1.29, 1.82) is 0 Å². The van der Waals surface area contributed by atoms with Crippen molar-refractivity contribution < 1.29 is 14.3 Å². The number of rotatable bonds is 8. The van der Waals surface area contributed by atoms with E-state index in [1.165, 1.54) is 18.4 Å². The van der Waals surface area contributed by atoms with Gasteiger partial charge in [-0.25, -0.2) is 0 Å². The Balaban J connectivity index is 1.65. The Morgan fingerprint density at radius 3 is 2.27 bits per heavy atom. The first-order chi connectivity index (χ1) is 12.6. The van der Waals surface area contributed by atoms with Gasteiger partial charge in [-0.15, -0.1) is 0 Å². The molecule has 1 fully saturated rings. The number of ether oxygens (including phenoxy) is 2. The fourth-order valence-electron chi connectivity index (χ4n) is 3.08. The van der Waals surface area contributed by atoms with Crippen molar-refractivity contribution in [1.82, 2.24) is 4.90 Å². The molecule has 4 heteroatoms. The third kappa shape index (κ3) is 4.78. The van der Waals surface area contributed by atoms with Crippen LogP contribution in [0.25, 0.3) is 0 Å². The average Bonchev–Trinajstić information content (AvgIpc) is 3.50. The minimum atomic E-state index is 0.0285. The molecule has 4 nitrogen and oxygen atoms in total. The number of methoxy groups -OCH3 is 1. The molecule has 1 aliphatic carbocycles. The second-order valence-electron chi connectivity index (χ2n) is 7.05. The van der Waals surface area contributed by atoms with Crippen LogP contribution < -0.4 is 9.47 Å². The van der Waals surface area contributed by atoms with Crippen molar-refractivity contribution in [3.8, 4) is 11.5 Å². The molecule has 1 unspecified atom stereocenters. The molecular weight excluding hydrogens is 326 g/mol. The van der Waals surface area contributed by atoms with Gasteiger partial charge in [-0.1, -0.05) is 29.8 Å². The lowest BCUT2D eigenvalue weighted by Crippen LogP contribution is -2.42.